The predicted octanol–water partition coefficient (Wildman–Crippen LogP) is 6.83. The van der Waals surface area contributed by atoms with Crippen molar-refractivity contribution in [2.45, 2.75) is 4.90 Å². The highest BCUT2D eigenvalue weighted by molar-refractivity contribution is 7.85. The van der Waals surface area contributed by atoms with E-state index in [1.54, 1.807) is 36.4 Å². The van der Waals surface area contributed by atoms with E-state index in [2.05, 4.69) is 30.8 Å². The molecule has 5 N–H and O–H groups in total. The van der Waals surface area contributed by atoms with Crippen LogP contribution >= 0.6 is 0 Å². The van der Waals surface area contributed by atoms with E-state index in [1.807, 2.05) is 0 Å². The van der Waals surface area contributed by atoms with E-state index in [9.17, 15) is 23.4 Å². The minimum atomic E-state index is -4.31. The molecular weight excluding hydrogens is 568 g/mol. The normalized spacial score (nSPS) is 12.1. The van der Waals surface area contributed by atoms with Crippen molar-refractivity contribution in [3.63, 3.8) is 0 Å². The van der Waals surface area contributed by atoms with Crippen molar-refractivity contribution in [2.24, 2.45) is 25.4 Å². The van der Waals surface area contributed by atoms with Gasteiger partial charge in [-0.2, -0.15) is 33.9 Å². The summed E-state index contributed by atoms with van der Waals surface area (Å²) in [7, 11) is -2.89. The van der Waals surface area contributed by atoms with Crippen LogP contribution in [0.2, 0.25) is 0 Å². The quantitative estimate of drug-likeness (QED) is 0.0596. The molecule has 4 rings (SSSR count). The fourth-order valence-electron chi connectivity index (χ4n) is 3.38. The van der Waals surface area contributed by atoms with Crippen LogP contribution in [0.25, 0.3) is 0 Å². The van der Waals surface area contributed by atoms with Crippen molar-refractivity contribution in [1.82, 2.24) is 0 Å². The van der Waals surface area contributed by atoms with E-state index in [0.29, 0.717) is 28.4 Å². The van der Waals surface area contributed by atoms with Gasteiger partial charge in [-0.15, -0.1) is 0 Å². The molecule has 214 valence electrons. The van der Waals surface area contributed by atoms with Crippen LogP contribution in [-0.4, -0.2) is 47.4 Å². The summed E-state index contributed by atoms with van der Waals surface area (Å²) in [4.78, 5) is 15.0. The molecule has 0 aliphatic rings. The molecule has 0 saturated heterocycles. The van der Waals surface area contributed by atoms with Crippen molar-refractivity contribution in [3.8, 4) is 11.5 Å². The maximum absolute atomic E-state index is 11.1. The zero-order chi connectivity index (χ0) is 30.3. The lowest BCUT2D eigenvalue weighted by Crippen LogP contribution is -2.10. The molecule has 0 atom stereocenters. The van der Waals surface area contributed by atoms with Crippen molar-refractivity contribution >= 4 is 56.2 Å². The Labute approximate surface area is 238 Å². The van der Waals surface area contributed by atoms with Gasteiger partial charge in [0.25, 0.3) is 16.1 Å². The number of aromatic hydroxyl groups is 1. The van der Waals surface area contributed by atoms with Crippen LogP contribution in [0.15, 0.2) is 115 Å². The zero-order valence-corrected chi connectivity index (χ0v) is 22.5. The number of phenols is 1. The number of methoxy groups -OCH3 is 1. The summed E-state index contributed by atoms with van der Waals surface area (Å²) >= 11 is 0. The third-order valence-electron chi connectivity index (χ3n) is 5.42. The molecule has 4 aromatic carbocycles. The lowest BCUT2D eigenvalue weighted by Gasteiger charge is -2.07. The zero-order valence-electron chi connectivity index (χ0n) is 21.6. The first-order valence-corrected chi connectivity index (χ1v) is 13.3. The van der Waals surface area contributed by atoms with Crippen LogP contribution in [0, 0.1) is 0 Å². The third kappa shape index (κ3) is 7.71. The molecule has 0 heterocycles. The fraction of sp³-hybridized carbons (Fsp3) is 0.0370. The molecule has 0 amide bonds. The smallest absolute Gasteiger partial charge is 0.339 e. The second-order valence-electron chi connectivity index (χ2n) is 8.34. The summed E-state index contributed by atoms with van der Waals surface area (Å²) in [6.07, 6.45) is 0. The molecule has 0 bridgehead atoms. The average Bonchev–Trinajstić information content (AvgIpc) is 2.96. The molecule has 15 heteroatoms. The minimum Gasteiger partial charge on any atom is -0.507 e. The maximum atomic E-state index is 11.1. The largest absolute Gasteiger partial charge is 0.507 e. The van der Waals surface area contributed by atoms with Gasteiger partial charge in [-0.05, 0) is 78.9 Å². The summed E-state index contributed by atoms with van der Waals surface area (Å²) in [5.41, 5.74) is 1.92. The summed E-state index contributed by atoms with van der Waals surface area (Å²) in [6, 6.07) is 19.7. The molecule has 0 radical (unpaired) electrons. The minimum absolute atomic E-state index is 0.243. The van der Waals surface area contributed by atoms with Crippen LogP contribution in [-0.2, 0) is 10.1 Å². The van der Waals surface area contributed by atoms with Crippen molar-refractivity contribution in [3.05, 3.63) is 90.5 Å². The van der Waals surface area contributed by atoms with Gasteiger partial charge in [0, 0.05) is 11.8 Å². The van der Waals surface area contributed by atoms with E-state index < -0.39 is 22.1 Å². The number of hydrogen-bond donors (Lipinski definition) is 5. The number of carboxylic acids is 1. The number of aliphatic imine (C=N–C) groups is 1. The van der Waals surface area contributed by atoms with Gasteiger partial charge in [0.2, 0.25) is 0 Å². The second-order valence-corrected chi connectivity index (χ2v) is 9.76. The Kier molecular flexibility index (Phi) is 8.84. The van der Waals surface area contributed by atoms with Crippen molar-refractivity contribution in [2.75, 3.05) is 12.4 Å². The highest BCUT2D eigenvalue weighted by Crippen LogP contribution is 2.33. The Bertz CT molecular complexity index is 1810. The van der Waals surface area contributed by atoms with Gasteiger partial charge in [0.1, 0.15) is 22.7 Å². The summed E-state index contributed by atoms with van der Waals surface area (Å²) in [5, 5.41) is 47.9. The molecule has 14 nitrogen and oxygen atoms in total. The number of amidine groups is 1. The van der Waals surface area contributed by atoms with Gasteiger partial charge < -0.3 is 25.4 Å². The Morgan fingerprint density at radius 3 is 1.86 bits per heavy atom. The molecule has 0 aromatic heterocycles. The third-order valence-corrected chi connectivity index (χ3v) is 6.29. The first-order valence-electron chi connectivity index (χ1n) is 11.8. The first kappa shape index (κ1) is 29.3. The predicted molar refractivity (Wildman–Crippen MR) is 152 cm³/mol. The SMILES string of the molecule is COc1cc(N=Nc2ccc(S(=O)(=O)O)cc2)ccc1N=C(O)Nc1ccc(N=Nc2ccc(O)c(C(=O)O)c2)cc1. The highest BCUT2D eigenvalue weighted by Gasteiger charge is 2.11. The number of nitrogens with zero attached hydrogens (tertiary/aromatic N) is 5. The van der Waals surface area contributed by atoms with Crippen LogP contribution in [0.3, 0.4) is 0 Å². The Hall–Kier alpha value is -5.67. The van der Waals surface area contributed by atoms with E-state index in [-0.39, 0.29) is 27.6 Å². The Morgan fingerprint density at radius 2 is 1.29 bits per heavy atom. The van der Waals surface area contributed by atoms with Crippen molar-refractivity contribution in [1.29, 1.82) is 0 Å². The van der Waals surface area contributed by atoms with E-state index in [4.69, 9.17) is 14.4 Å². The van der Waals surface area contributed by atoms with Gasteiger partial charge >= 0.3 is 5.97 Å². The van der Waals surface area contributed by atoms with Gasteiger partial charge in [0.15, 0.2) is 0 Å². The van der Waals surface area contributed by atoms with Gasteiger partial charge in [-0.1, -0.05) is 0 Å². The first-order chi connectivity index (χ1) is 20.0. The molecule has 0 spiro atoms. The molecule has 0 aliphatic carbocycles. The second kappa shape index (κ2) is 12.7. The molecule has 0 aliphatic heterocycles. The number of carbonyl (C=O) groups is 1. The molecule has 4 aromatic rings. The van der Waals surface area contributed by atoms with Gasteiger partial charge in [-0.3, -0.25) is 4.55 Å². The van der Waals surface area contributed by atoms with Gasteiger partial charge in [-0.25, -0.2) is 4.79 Å². The molecule has 0 fully saturated rings. The average molecular weight is 591 g/mol. The number of rotatable bonds is 9. The highest BCUT2D eigenvalue weighted by atomic mass is 32.2. The lowest BCUT2D eigenvalue weighted by atomic mass is 10.2. The lowest BCUT2D eigenvalue weighted by molar-refractivity contribution is 0.0693. The monoisotopic (exact) mass is 590 g/mol. The number of aromatic carboxylic acids is 1. The number of hydrogen-bond acceptors (Lipinski definition) is 10. The summed E-state index contributed by atoms with van der Waals surface area (Å²) in [6.45, 7) is 0. The topological polar surface area (TPSA) is 215 Å². The van der Waals surface area contributed by atoms with E-state index in [0.717, 1.165) is 0 Å². The van der Waals surface area contributed by atoms with Crippen LogP contribution in [0.5, 0.6) is 11.5 Å². The number of nitrogens with one attached hydrogen (secondary N) is 1. The Morgan fingerprint density at radius 1 is 0.762 bits per heavy atom. The molecule has 42 heavy (non-hydrogen) atoms. The summed E-state index contributed by atoms with van der Waals surface area (Å²) < 4.78 is 36.7. The van der Waals surface area contributed by atoms with Crippen LogP contribution in [0.1, 0.15) is 10.4 Å². The number of aliphatic hydroxyl groups is 1. The molecule has 0 unspecified atom stereocenters. The number of ether oxygens (including phenoxy) is 1. The van der Waals surface area contributed by atoms with E-state index >= 15 is 0 Å². The van der Waals surface area contributed by atoms with Crippen LogP contribution in [0.4, 0.5) is 34.1 Å². The maximum Gasteiger partial charge on any atom is 0.339 e. The van der Waals surface area contributed by atoms with E-state index in [1.165, 1.54) is 55.6 Å². The van der Waals surface area contributed by atoms with Crippen molar-refractivity contribution < 1.29 is 37.8 Å². The molecular formula is C27H22N6O8S. The van der Waals surface area contributed by atoms with Crippen LogP contribution < -0.4 is 10.1 Å². The number of azo groups is 2. The number of benzene rings is 4. The molecule has 0 saturated carbocycles. The standard InChI is InChI=1S/C27H22N6O8S/c1-41-25-15-20(33-31-18-6-10-21(11-7-18)42(38,39)40)8-12-23(25)29-27(37)28-16-2-4-17(5-3-16)30-32-19-9-13-24(34)22(14-19)26(35)36/h2-15,34H,1H3,(H,35,36)(H2,28,29,37)(H,38,39,40). The Balaban J connectivity index is 1.41. The number of anilines is 1. The number of aliphatic hydroxyl groups excluding tert-OH is 1. The number of carboxylic acid groups (broad SMARTS) is 1. The van der Waals surface area contributed by atoms with Gasteiger partial charge in [0.05, 0.1) is 34.8 Å². The fourth-order valence-corrected chi connectivity index (χ4v) is 3.86. The summed E-state index contributed by atoms with van der Waals surface area (Å²) in [5.74, 6) is -1.37.